The summed E-state index contributed by atoms with van der Waals surface area (Å²) in [5.74, 6) is 0.317. The van der Waals surface area contributed by atoms with Crippen molar-refractivity contribution in [1.29, 1.82) is 0 Å². The molecule has 0 bridgehead atoms. The fourth-order valence-corrected chi connectivity index (χ4v) is 3.04. The Kier molecular flexibility index (Phi) is 4.83. The van der Waals surface area contributed by atoms with Crippen molar-refractivity contribution in [3.63, 3.8) is 0 Å². The lowest BCUT2D eigenvalue weighted by molar-refractivity contribution is 0.443. The number of aliphatic imine (C=N–C) groups is 1. The first-order valence-corrected chi connectivity index (χ1v) is 8.08. The first-order valence-electron chi connectivity index (χ1n) is 8.08. The van der Waals surface area contributed by atoms with E-state index in [1.165, 1.54) is 43.4 Å². The van der Waals surface area contributed by atoms with Crippen molar-refractivity contribution < 1.29 is 0 Å². The minimum Gasteiger partial charge on any atom is -0.285 e. The summed E-state index contributed by atoms with van der Waals surface area (Å²) in [4.78, 5) is 5.02. The van der Waals surface area contributed by atoms with Gasteiger partial charge in [0.05, 0.1) is 6.04 Å². The second kappa shape index (κ2) is 7.21. The smallest absolute Gasteiger partial charge is 0.0503 e. The zero-order valence-electron chi connectivity index (χ0n) is 12.5. The van der Waals surface area contributed by atoms with Crippen LogP contribution in [-0.2, 0) is 0 Å². The van der Waals surface area contributed by atoms with Gasteiger partial charge in [-0.3, -0.25) is 4.99 Å². The Balaban J connectivity index is 1.73. The van der Waals surface area contributed by atoms with Crippen molar-refractivity contribution in [3.8, 4) is 0 Å². The number of hydrogen-bond acceptors (Lipinski definition) is 1. The van der Waals surface area contributed by atoms with Crippen LogP contribution < -0.4 is 0 Å². The number of nitrogens with zero attached hydrogens (tertiary/aromatic N) is 1. The lowest BCUT2D eigenvalue weighted by atomic mass is 9.93. The highest BCUT2D eigenvalue weighted by Crippen LogP contribution is 2.23. The summed E-state index contributed by atoms with van der Waals surface area (Å²) in [7, 11) is 0. The molecule has 0 aliphatic heterocycles. The summed E-state index contributed by atoms with van der Waals surface area (Å²) in [5.41, 5.74) is 2.47. The van der Waals surface area contributed by atoms with Gasteiger partial charge in [-0.15, -0.1) is 0 Å². The summed E-state index contributed by atoms with van der Waals surface area (Å²) in [5, 5.41) is 0. The van der Waals surface area contributed by atoms with Gasteiger partial charge >= 0.3 is 0 Å². The summed E-state index contributed by atoms with van der Waals surface area (Å²) < 4.78 is 0. The minimum atomic E-state index is 0.317. The van der Waals surface area contributed by atoms with Gasteiger partial charge in [0, 0.05) is 11.6 Å². The van der Waals surface area contributed by atoms with E-state index in [1.54, 1.807) is 0 Å². The van der Waals surface area contributed by atoms with Gasteiger partial charge in [-0.2, -0.15) is 0 Å². The Morgan fingerprint density at radius 2 is 1.76 bits per heavy atom. The van der Waals surface area contributed by atoms with Crippen LogP contribution in [0.4, 0.5) is 0 Å². The Morgan fingerprint density at radius 1 is 0.952 bits per heavy atom. The molecule has 1 heteroatoms. The van der Waals surface area contributed by atoms with Gasteiger partial charge < -0.3 is 0 Å². The highest BCUT2D eigenvalue weighted by Gasteiger charge is 2.15. The van der Waals surface area contributed by atoms with Crippen molar-refractivity contribution in [2.75, 3.05) is 0 Å². The van der Waals surface area contributed by atoms with E-state index >= 15 is 0 Å². The molecule has 2 aliphatic carbocycles. The maximum Gasteiger partial charge on any atom is 0.0503 e. The molecule has 108 valence electrons. The number of allylic oxidation sites excluding steroid dienone is 5. The Bertz CT molecular complexity index is 557. The molecule has 0 heterocycles. The lowest BCUT2D eigenvalue weighted by Gasteiger charge is -2.21. The average Bonchev–Trinajstić information content (AvgIpc) is 2.56. The maximum absolute atomic E-state index is 5.02. The molecular weight excluding hydrogens is 254 g/mol. The molecule has 2 aliphatic rings. The fraction of sp³-hybridized carbons (Fsp3) is 0.350. The Hall–Kier alpha value is -1.89. The third kappa shape index (κ3) is 4.04. The molecule has 0 amide bonds. The summed E-state index contributed by atoms with van der Waals surface area (Å²) in [6.07, 6.45) is 19.7. The summed E-state index contributed by atoms with van der Waals surface area (Å²) in [6.45, 7) is 0. The van der Waals surface area contributed by atoms with Crippen molar-refractivity contribution in [3.05, 3.63) is 66.3 Å². The predicted octanol–water partition coefficient (Wildman–Crippen LogP) is 5.22. The number of rotatable bonds is 3. The van der Waals surface area contributed by atoms with Crippen LogP contribution in [-0.4, -0.2) is 11.8 Å². The molecule has 0 aromatic heterocycles. The van der Waals surface area contributed by atoms with Crippen LogP contribution in [0, 0.1) is 5.92 Å². The van der Waals surface area contributed by atoms with Gasteiger partial charge in [-0.05, 0) is 24.5 Å². The highest BCUT2D eigenvalue weighted by atomic mass is 14.8. The zero-order chi connectivity index (χ0) is 14.3. The van der Waals surface area contributed by atoms with Crippen LogP contribution in [0.1, 0.15) is 37.7 Å². The lowest BCUT2D eigenvalue weighted by Crippen LogP contribution is -2.17. The van der Waals surface area contributed by atoms with Gasteiger partial charge in [0.2, 0.25) is 0 Å². The van der Waals surface area contributed by atoms with Crippen LogP contribution in [0.2, 0.25) is 0 Å². The minimum absolute atomic E-state index is 0.317. The van der Waals surface area contributed by atoms with Crippen molar-refractivity contribution in [2.24, 2.45) is 10.9 Å². The molecule has 1 fully saturated rings. The number of benzene rings is 1. The second-order valence-corrected chi connectivity index (χ2v) is 5.89. The summed E-state index contributed by atoms with van der Waals surface area (Å²) >= 11 is 0. The fourth-order valence-electron chi connectivity index (χ4n) is 3.04. The molecule has 3 rings (SSSR count). The quantitative estimate of drug-likeness (QED) is 0.718. The maximum atomic E-state index is 5.02. The van der Waals surface area contributed by atoms with Crippen LogP contribution in [0.3, 0.4) is 0 Å². The molecule has 1 aromatic carbocycles. The second-order valence-electron chi connectivity index (χ2n) is 5.89. The third-order valence-corrected chi connectivity index (χ3v) is 4.24. The largest absolute Gasteiger partial charge is 0.285 e. The Morgan fingerprint density at radius 3 is 2.57 bits per heavy atom. The third-order valence-electron chi connectivity index (χ3n) is 4.24. The van der Waals surface area contributed by atoms with Gasteiger partial charge in [-0.25, -0.2) is 0 Å². The van der Waals surface area contributed by atoms with E-state index in [-0.39, 0.29) is 0 Å². The molecule has 21 heavy (non-hydrogen) atoms. The highest BCUT2D eigenvalue weighted by molar-refractivity contribution is 6.01. The number of hydrogen-bond donors (Lipinski definition) is 0. The predicted molar refractivity (Wildman–Crippen MR) is 91.6 cm³/mol. The van der Waals surface area contributed by atoms with E-state index in [9.17, 15) is 0 Å². The van der Waals surface area contributed by atoms with Crippen LogP contribution in [0.5, 0.6) is 0 Å². The van der Waals surface area contributed by atoms with E-state index in [1.807, 2.05) is 0 Å². The molecule has 1 aromatic rings. The van der Waals surface area contributed by atoms with E-state index < -0.39 is 0 Å². The van der Waals surface area contributed by atoms with Crippen LogP contribution in [0.25, 0.3) is 6.08 Å². The van der Waals surface area contributed by atoms with E-state index in [0.29, 0.717) is 12.0 Å². The molecule has 1 nitrogen and oxygen atoms in total. The first-order chi connectivity index (χ1) is 10.4. The molecule has 0 radical (unpaired) electrons. The van der Waals surface area contributed by atoms with Crippen molar-refractivity contribution in [2.45, 2.75) is 38.1 Å². The monoisotopic (exact) mass is 277 g/mol. The normalized spacial score (nSPS) is 25.0. The molecule has 1 unspecified atom stereocenters. The average molecular weight is 277 g/mol. The first kappa shape index (κ1) is 14.1. The van der Waals surface area contributed by atoms with Crippen molar-refractivity contribution >= 4 is 11.8 Å². The standard InChI is InChI=1S/C20H23N/c1-3-9-17(10-4-1)15-16-18-11-7-8-14-20(18)21-19-12-5-2-6-13-19/h1,3-4,7-11,14-16,18-19H,2,5-6,12-13H2. The van der Waals surface area contributed by atoms with Crippen LogP contribution >= 0.6 is 0 Å². The molecule has 0 N–H and O–H groups in total. The molecule has 0 spiro atoms. The van der Waals surface area contributed by atoms with Gasteiger partial charge in [0.25, 0.3) is 0 Å². The van der Waals surface area contributed by atoms with Crippen molar-refractivity contribution in [1.82, 2.24) is 0 Å². The van der Waals surface area contributed by atoms with Gasteiger partial charge in [-0.1, -0.05) is 80.0 Å². The molecule has 1 atom stereocenters. The zero-order valence-corrected chi connectivity index (χ0v) is 12.5. The molecular formula is C20H23N. The SMILES string of the molecule is C1=CC(=NC2CCCCC2)C(C=Cc2ccccc2)C=C1. The van der Waals surface area contributed by atoms with Gasteiger partial charge in [0.1, 0.15) is 0 Å². The molecule has 1 saturated carbocycles. The Labute approximate surface area is 127 Å². The summed E-state index contributed by atoms with van der Waals surface area (Å²) in [6, 6.07) is 11.0. The molecule has 0 saturated heterocycles. The van der Waals surface area contributed by atoms with E-state index in [0.717, 1.165) is 0 Å². The topological polar surface area (TPSA) is 12.4 Å². The van der Waals surface area contributed by atoms with E-state index in [4.69, 9.17) is 4.99 Å². The van der Waals surface area contributed by atoms with Crippen LogP contribution in [0.15, 0.2) is 65.7 Å². The van der Waals surface area contributed by atoms with E-state index in [2.05, 4.69) is 66.8 Å². The van der Waals surface area contributed by atoms with Gasteiger partial charge in [0.15, 0.2) is 0 Å².